The van der Waals surface area contributed by atoms with Gasteiger partial charge in [-0.25, -0.2) is 9.97 Å². The molecule has 0 unspecified atom stereocenters. The number of amides is 1. The Morgan fingerprint density at radius 3 is 2.61 bits per heavy atom. The van der Waals surface area contributed by atoms with E-state index in [1.165, 1.54) is 5.56 Å². The summed E-state index contributed by atoms with van der Waals surface area (Å²) >= 11 is 1.56. The summed E-state index contributed by atoms with van der Waals surface area (Å²) in [4.78, 5) is 22.8. The highest BCUT2D eigenvalue weighted by Crippen LogP contribution is 2.33. The predicted octanol–water partition coefficient (Wildman–Crippen LogP) is 5.65. The Morgan fingerprint density at radius 1 is 1.03 bits per heavy atom. The maximum Gasteiger partial charge on any atom is 0.255 e. The number of nitrogens with zero attached hydrogens (tertiary/aromatic N) is 3. The number of benzene rings is 2. The number of carbonyl (C=O) groups is 1. The van der Waals surface area contributed by atoms with Crippen LogP contribution in [0, 0.1) is 13.8 Å². The van der Waals surface area contributed by atoms with Gasteiger partial charge < -0.3 is 16.4 Å². The number of carbonyl (C=O) groups excluding carboxylic acids is 1. The first-order valence-electron chi connectivity index (χ1n) is 10.4. The number of hydrogen-bond donors (Lipinski definition) is 3. The highest BCUT2D eigenvalue weighted by atomic mass is 32.1. The predicted molar refractivity (Wildman–Crippen MR) is 134 cm³/mol. The van der Waals surface area contributed by atoms with Gasteiger partial charge in [-0.15, -0.1) is 0 Å². The number of aryl methyl sites for hydroxylation is 2. The van der Waals surface area contributed by atoms with Crippen LogP contribution in [0.15, 0.2) is 73.1 Å². The van der Waals surface area contributed by atoms with E-state index in [0.717, 1.165) is 32.7 Å². The lowest BCUT2D eigenvalue weighted by atomic mass is 10.2. The number of rotatable bonds is 5. The Kier molecular flexibility index (Phi) is 5.27. The zero-order valence-electron chi connectivity index (χ0n) is 18.2. The average Bonchev–Trinajstić information content (AvgIpc) is 3.38. The van der Waals surface area contributed by atoms with Gasteiger partial charge in [-0.05, 0) is 61.9 Å². The van der Waals surface area contributed by atoms with Gasteiger partial charge in [0.1, 0.15) is 5.65 Å². The Hall–Kier alpha value is -4.17. The van der Waals surface area contributed by atoms with E-state index in [-0.39, 0.29) is 5.91 Å². The molecule has 0 saturated heterocycles. The van der Waals surface area contributed by atoms with Crippen molar-refractivity contribution >= 4 is 45.1 Å². The third-order valence-corrected chi connectivity index (χ3v) is 6.21. The fourth-order valence-corrected chi connectivity index (χ4v) is 4.57. The van der Waals surface area contributed by atoms with Crippen molar-refractivity contribution in [3.8, 4) is 10.6 Å². The molecule has 5 rings (SSSR count). The Balaban J connectivity index is 1.32. The number of nitrogens with one attached hydrogen (secondary N) is 2. The molecule has 5 aromatic rings. The molecule has 0 fully saturated rings. The van der Waals surface area contributed by atoms with Crippen molar-refractivity contribution in [2.24, 2.45) is 0 Å². The highest BCUT2D eigenvalue weighted by Gasteiger charge is 2.14. The number of fused-ring (bicyclic) bond motifs is 1. The molecule has 0 aliphatic heterocycles. The second-order valence-corrected chi connectivity index (χ2v) is 8.78. The van der Waals surface area contributed by atoms with Gasteiger partial charge in [0.2, 0.25) is 0 Å². The first kappa shape index (κ1) is 20.7. The first-order valence-corrected chi connectivity index (χ1v) is 11.2. The lowest BCUT2D eigenvalue weighted by molar-refractivity contribution is 0.102. The SMILES string of the molecule is Cc1ccc2nc(C)c(-c3cnc(Nc4ccc(C(=O)Nc5ccccc5N)cc4)s3)n2c1. The van der Waals surface area contributed by atoms with E-state index < -0.39 is 0 Å². The molecule has 8 heteroatoms. The summed E-state index contributed by atoms with van der Waals surface area (Å²) < 4.78 is 2.11. The van der Waals surface area contributed by atoms with Crippen LogP contribution in [0.3, 0.4) is 0 Å². The summed E-state index contributed by atoms with van der Waals surface area (Å²) in [5.41, 5.74) is 12.5. The molecule has 0 atom stereocenters. The minimum absolute atomic E-state index is 0.214. The molecule has 2 aromatic carbocycles. The van der Waals surface area contributed by atoms with E-state index in [0.29, 0.717) is 16.9 Å². The van der Waals surface area contributed by atoms with Crippen LogP contribution in [0.5, 0.6) is 0 Å². The van der Waals surface area contributed by atoms with E-state index >= 15 is 0 Å². The van der Waals surface area contributed by atoms with Crippen LogP contribution in [0.4, 0.5) is 22.2 Å². The molecule has 33 heavy (non-hydrogen) atoms. The molecule has 0 bridgehead atoms. The molecule has 3 heterocycles. The molecular weight excluding hydrogens is 432 g/mol. The number of hydrogen-bond acceptors (Lipinski definition) is 6. The van der Waals surface area contributed by atoms with Crippen LogP contribution < -0.4 is 16.4 Å². The Bertz CT molecular complexity index is 1470. The van der Waals surface area contributed by atoms with E-state index in [4.69, 9.17) is 5.73 Å². The van der Waals surface area contributed by atoms with Gasteiger partial charge in [0.15, 0.2) is 5.13 Å². The van der Waals surface area contributed by atoms with E-state index in [1.54, 1.807) is 35.6 Å². The molecule has 0 saturated carbocycles. The van der Waals surface area contributed by atoms with Crippen molar-refractivity contribution in [3.63, 3.8) is 0 Å². The summed E-state index contributed by atoms with van der Waals surface area (Å²) in [6.45, 7) is 4.08. The number of anilines is 4. The van der Waals surface area contributed by atoms with Crippen LogP contribution >= 0.6 is 11.3 Å². The summed E-state index contributed by atoms with van der Waals surface area (Å²) in [6.07, 6.45) is 3.95. The number of nitrogens with two attached hydrogens (primary N) is 1. The number of para-hydroxylation sites is 2. The number of pyridine rings is 1. The van der Waals surface area contributed by atoms with Crippen molar-refractivity contribution in [2.75, 3.05) is 16.4 Å². The lowest BCUT2D eigenvalue weighted by Crippen LogP contribution is -2.13. The number of nitrogen functional groups attached to an aromatic ring is 1. The number of aromatic nitrogens is 3. The largest absolute Gasteiger partial charge is 0.397 e. The van der Waals surface area contributed by atoms with Gasteiger partial charge in [-0.2, -0.15) is 0 Å². The van der Waals surface area contributed by atoms with Crippen molar-refractivity contribution < 1.29 is 4.79 Å². The monoisotopic (exact) mass is 454 g/mol. The smallest absolute Gasteiger partial charge is 0.255 e. The topological polar surface area (TPSA) is 97.3 Å². The zero-order valence-corrected chi connectivity index (χ0v) is 19.0. The van der Waals surface area contributed by atoms with Crippen LogP contribution in [0.1, 0.15) is 21.6 Å². The lowest BCUT2D eigenvalue weighted by Gasteiger charge is -2.08. The second kappa shape index (κ2) is 8.40. The van der Waals surface area contributed by atoms with Crippen LogP contribution in [-0.4, -0.2) is 20.3 Å². The van der Waals surface area contributed by atoms with E-state index in [1.807, 2.05) is 43.5 Å². The summed E-state index contributed by atoms with van der Waals surface area (Å²) in [7, 11) is 0. The Morgan fingerprint density at radius 2 is 1.82 bits per heavy atom. The van der Waals surface area contributed by atoms with Crippen molar-refractivity contribution in [1.29, 1.82) is 0 Å². The molecule has 164 valence electrons. The van der Waals surface area contributed by atoms with Crippen LogP contribution in [-0.2, 0) is 0 Å². The van der Waals surface area contributed by atoms with Gasteiger partial charge in [0.25, 0.3) is 5.91 Å². The molecule has 7 nitrogen and oxygen atoms in total. The minimum atomic E-state index is -0.214. The summed E-state index contributed by atoms with van der Waals surface area (Å²) in [5, 5.41) is 6.92. The van der Waals surface area contributed by atoms with Crippen molar-refractivity contribution in [1.82, 2.24) is 14.4 Å². The van der Waals surface area contributed by atoms with E-state index in [2.05, 4.69) is 44.2 Å². The molecule has 0 radical (unpaired) electrons. The summed E-state index contributed by atoms with van der Waals surface area (Å²) in [6, 6.07) is 18.5. The standard InChI is InChI=1S/C25H22N6OS/c1-15-7-12-22-28-16(2)23(31(22)14-15)21-13-27-25(33-21)29-18-10-8-17(9-11-18)24(32)30-20-6-4-3-5-19(20)26/h3-14H,26H2,1-2H3,(H,27,29)(H,30,32). The number of imidazole rings is 1. The first-order chi connectivity index (χ1) is 16.0. The minimum Gasteiger partial charge on any atom is -0.397 e. The fourth-order valence-electron chi connectivity index (χ4n) is 3.64. The van der Waals surface area contributed by atoms with Gasteiger partial charge in [0, 0.05) is 23.6 Å². The van der Waals surface area contributed by atoms with Gasteiger partial charge in [-0.3, -0.25) is 9.20 Å². The normalized spacial score (nSPS) is 11.0. The third kappa shape index (κ3) is 4.16. The maximum atomic E-state index is 12.5. The number of thiazole rings is 1. The van der Waals surface area contributed by atoms with Crippen molar-refractivity contribution in [3.05, 3.63) is 89.9 Å². The summed E-state index contributed by atoms with van der Waals surface area (Å²) in [5.74, 6) is -0.214. The van der Waals surface area contributed by atoms with Crippen LogP contribution in [0.2, 0.25) is 0 Å². The zero-order chi connectivity index (χ0) is 22.9. The third-order valence-electron chi connectivity index (χ3n) is 5.29. The molecule has 0 spiro atoms. The molecular formula is C25H22N6OS. The Labute approximate surface area is 194 Å². The molecule has 0 aliphatic carbocycles. The van der Waals surface area contributed by atoms with Crippen molar-refractivity contribution in [2.45, 2.75) is 13.8 Å². The fraction of sp³-hybridized carbons (Fsp3) is 0.0800. The van der Waals surface area contributed by atoms with Gasteiger partial charge >= 0.3 is 0 Å². The molecule has 3 aromatic heterocycles. The molecule has 4 N–H and O–H groups in total. The maximum absolute atomic E-state index is 12.5. The van der Waals surface area contributed by atoms with E-state index in [9.17, 15) is 4.79 Å². The quantitative estimate of drug-likeness (QED) is 0.298. The average molecular weight is 455 g/mol. The van der Waals surface area contributed by atoms with Gasteiger partial charge in [-0.1, -0.05) is 29.5 Å². The van der Waals surface area contributed by atoms with Crippen LogP contribution in [0.25, 0.3) is 16.2 Å². The second-order valence-electron chi connectivity index (χ2n) is 7.75. The molecule has 1 amide bonds. The highest BCUT2D eigenvalue weighted by molar-refractivity contribution is 7.18. The van der Waals surface area contributed by atoms with Gasteiger partial charge in [0.05, 0.1) is 27.6 Å². The molecule has 0 aliphatic rings.